The first-order valence-electron chi connectivity index (χ1n) is 4.85. The van der Waals surface area contributed by atoms with Crippen LogP contribution in [0.25, 0.3) is 0 Å². The van der Waals surface area contributed by atoms with Crippen molar-refractivity contribution in [1.82, 2.24) is 5.32 Å². The second kappa shape index (κ2) is 4.40. The predicted molar refractivity (Wildman–Crippen MR) is 52.9 cm³/mol. The molecule has 1 amide bonds. The molecule has 2 rings (SSSR count). The molecule has 4 heteroatoms. The molecule has 80 valence electrons. The molecule has 0 bridgehead atoms. The Morgan fingerprint density at radius 2 is 2.33 bits per heavy atom. The van der Waals surface area contributed by atoms with Crippen molar-refractivity contribution in [2.75, 3.05) is 13.2 Å². The lowest BCUT2D eigenvalue weighted by Crippen LogP contribution is -2.49. The van der Waals surface area contributed by atoms with Gasteiger partial charge in [0.15, 0.2) is 0 Å². The highest BCUT2D eigenvalue weighted by Gasteiger charge is 2.20. The van der Waals surface area contributed by atoms with E-state index in [9.17, 15) is 9.18 Å². The fourth-order valence-electron chi connectivity index (χ4n) is 1.43. The van der Waals surface area contributed by atoms with Gasteiger partial charge in [-0.2, -0.15) is 0 Å². The molecule has 3 nitrogen and oxygen atoms in total. The quantitative estimate of drug-likeness (QED) is 0.802. The molecular formula is C11H12FNO2. The number of benzene rings is 1. The van der Waals surface area contributed by atoms with Crippen LogP contribution in [0.2, 0.25) is 0 Å². The van der Waals surface area contributed by atoms with E-state index in [1.807, 2.05) is 0 Å². The second-order valence-corrected chi connectivity index (χ2v) is 3.61. The number of halogens is 1. The summed E-state index contributed by atoms with van der Waals surface area (Å²) in [5.74, 6) is -0.402. The Morgan fingerprint density at radius 1 is 1.53 bits per heavy atom. The summed E-state index contributed by atoms with van der Waals surface area (Å²) in [6.07, 6.45) is 0.217. The Kier molecular flexibility index (Phi) is 2.97. The maximum absolute atomic E-state index is 12.8. The van der Waals surface area contributed by atoms with E-state index in [0.29, 0.717) is 18.8 Å². The van der Waals surface area contributed by atoms with Gasteiger partial charge >= 0.3 is 0 Å². The first kappa shape index (κ1) is 10.1. The third kappa shape index (κ3) is 2.76. The maximum Gasteiger partial charge on any atom is 0.224 e. The van der Waals surface area contributed by atoms with E-state index in [4.69, 9.17) is 4.74 Å². The summed E-state index contributed by atoms with van der Waals surface area (Å²) in [5.41, 5.74) is 0.688. The zero-order valence-electron chi connectivity index (χ0n) is 8.20. The molecule has 0 unspecified atom stereocenters. The molecule has 0 aliphatic carbocycles. The van der Waals surface area contributed by atoms with Crippen molar-refractivity contribution in [2.45, 2.75) is 12.5 Å². The topological polar surface area (TPSA) is 38.3 Å². The van der Waals surface area contributed by atoms with Gasteiger partial charge in [0.05, 0.1) is 25.7 Å². The molecule has 1 aromatic rings. The van der Waals surface area contributed by atoms with E-state index in [1.165, 1.54) is 12.1 Å². The number of hydrogen-bond acceptors (Lipinski definition) is 2. The Hall–Kier alpha value is -1.42. The zero-order chi connectivity index (χ0) is 10.7. The van der Waals surface area contributed by atoms with Gasteiger partial charge in [-0.25, -0.2) is 4.39 Å². The third-order valence-corrected chi connectivity index (χ3v) is 2.26. The van der Waals surface area contributed by atoms with E-state index in [0.717, 1.165) is 0 Å². The van der Waals surface area contributed by atoms with Gasteiger partial charge in [-0.15, -0.1) is 0 Å². The van der Waals surface area contributed by atoms with Gasteiger partial charge in [0.25, 0.3) is 0 Å². The fraction of sp³-hybridized carbons (Fsp3) is 0.364. The van der Waals surface area contributed by atoms with Crippen LogP contribution in [0.3, 0.4) is 0 Å². The van der Waals surface area contributed by atoms with E-state index in [-0.39, 0.29) is 24.2 Å². The first-order chi connectivity index (χ1) is 7.24. The summed E-state index contributed by atoms with van der Waals surface area (Å²) in [4.78, 5) is 11.4. The molecular weight excluding hydrogens is 197 g/mol. The van der Waals surface area contributed by atoms with Crippen LogP contribution < -0.4 is 5.32 Å². The fourth-order valence-corrected chi connectivity index (χ4v) is 1.43. The lowest BCUT2D eigenvalue weighted by atomic mass is 10.1. The molecule has 0 atom stereocenters. The van der Waals surface area contributed by atoms with Gasteiger partial charge in [-0.05, 0) is 17.7 Å². The van der Waals surface area contributed by atoms with Gasteiger partial charge in [-0.1, -0.05) is 12.1 Å². The van der Waals surface area contributed by atoms with Crippen LogP contribution in [0.4, 0.5) is 4.39 Å². The molecule has 1 aliphatic rings. The molecule has 0 aromatic heterocycles. The van der Waals surface area contributed by atoms with Crippen LogP contribution in [0.15, 0.2) is 24.3 Å². The van der Waals surface area contributed by atoms with E-state index < -0.39 is 0 Å². The normalized spacial score (nSPS) is 15.8. The number of ether oxygens (including phenoxy) is 1. The molecule has 1 aromatic carbocycles. The van der Waals surface area contributed by atoms with Crippen molar-refractivity contribution in [1.29, 1.82) is 0 Å². The predicted octanol–water partition coefficient (Wildman–Crippen LogP) is 0.883. The molecule has 1 saturated heterocycles. The Morgan fingerprint density at radius 3 is 2.93 bits per heavy atom. The zero-order valence-corrected chi connectivity index (χ0v) is 8.20. The van der Waals surface area contributed by atoms with E-state index in [1.54, 1.807) is 12.1 Å². The van der Waals surface area contributed by atoms with Crippen LogP contribution in [-0.2, 0) is 16.0 Å². The minimum atomic E-state index is -0.313. The number of carbonyl (C=O) groups is 1. The monoisotopic (exact) mass is 209 g/mol. The highest BCUT2D eigenvalue weighted by molar-refractivity contribution is 5.78. The summed E-state index contributed by atoms with van der Waals surface area (Å²) in [6, 6.07) is 6.20. The van der Waals surface area contributed by atoms with Crippen molar-refractivity contribution >= 4 is 5.91 Å². The highest BCUT2D eigenvalue weighted by atomic mass is 19.1. The van der Waals surface area contributed by atoms with Gasteiger partial charge in [-0.3, -0.25) is 4.79 Å². The lowest BCUT2D eigenvalue weighted by Gasteiger charge is -2.26. The van der Waals surface area contributed by atoms with E-state index in [2.05, 4.69) is 5.32 Å². The number of nitrogens with one attached hydrogen (secondary N) is 1. The summed E-state index contributed by atoms with van der Waals surface area (Å²) >= 11 is 0. The summed E-state index contributed by atoms with van der Waals surface area (Å²) < 4.78 is 17.7. The Bertz CT molecular complexity index is 363. The number of amides is 1. The third-order valence-electron chi connectivity index (χ3n) is 2.26. The largest absolute Gasteiger partial charge is 0.377 e. The maximum atomic E-state index is 12.8. The number of carbonyl (C=O) groups excluding carboxylic acids is 1. The summed E-state index contributed by atoms with van der Waals surface area (Å²) in [5, 5.41) is 2.80. The van der Waals surface area contributed by atoms with Crippen LogP contribution >= 0.6 is 0 Å². The van der Waals surface area contributed by atoms with Crippen molar-refractivity contribution in [3.8, 4) is 0 Å². The van der Waals surface area contributed by atoms with Crippen molar-refractivity contribution in [3.05, 3.63) is 35.6 Å². The molecule has 1 aliphatic heterocycles. The average molecular weight is 209 g/mol. The number of rotatable bonds is 3. The van der Waals surface area contributed by atoms with Gasteiger partial charge in [0, 0.05) is 0 Å². The summed E-state index contributed by atoms with van der Waals surface area (Å²) in [6.45, 7) is 1.16. The highest BCUT2D eigenvalue weighted by Crippen LogP contribution is 2.05. The second-order valence-electron chi connectivity index (χ2n) is 3.61. The Balaban J connectivity index is 1.87. The van der Waals surface area contributed by atoms with Crippen LogP contribution in [0.1, 0.15) is 5.56 Å². The minimum absolute atomic E-state index is 0.0890. The van der Waals surface area contributed by atoms with Gasteiger partial charge in [0.2, 0.25) is 5.91 Å². The van der Waals surface area contributed by atoms with Gasteiger partial charge < -0.3 is 10.1 Å². The molecule has 1 N–H and O–H groups in total. The van der Waals surface area contributed by atoms with Crippen LogP contribution in [0, 0.1) is 5.82 Å². The molecule has 0 saturated carbocycles. The van der Waals surface area contributed by atoms with Gasteiger partial charge in [0.1, 0.15) is 5.82 Å². The SMILES string of the molecule is O=C(Cc1cccc(F)c1)NC1COC1. The summed E-state index contributed by atoms with van der Waals surface area (Å²) in [7, 11) is 0. The molecule has 0 spiro atoms. The smallest absolute Gasteiger partial charge is 0.224 e. The standard InChI is InChI=1S/C11H12FNO2/c12-9-3-1-2-8(4-9)5-11(14)13-10-6-15-7-10/h1-4,10H,5-7H2,(H,13,14). The van der Waals surface area contributed by atoms with Crippen molar-refractivity contribution in [3.63, 3.8) is 0 Å². The van der Waals surface area contributed by atoms with Crippen LogP contribution in [0.5, 0.6) is 0 Å². The van der Waals surface area contributed by atoms with Crippen molar-refractivity contribution in [2.24, 2.45) is 0 Å². The molecule has 15 heavy (non-hydrogen) atoms. The first-order valence-corrected chi connectivity index (χ1v) is 4.85. The number of hydrogen-bond donors (Lipinski definition) is 1. The molecule has 1 heterocycles. The van der Waals surface area contributed by atoms with E-state index >= 15 is 0 Å². The average Bonchev–Trinajstić information content (AvgIpc) is 2.11. The van der Waals surface area contributed by atoms with Crippen molar-refractivity contribution < 1.29 is 13.9 Å². The molecule has 1 fully saturated rings. The lowest BCUT2D eigenvalue weighted by molar-refractivity contribution is -0.124. The minimum Gasteiger partial charge on any atom is -0.377 e. The van der Waals surface area contributed by atoms with Crippen LogP contribution in [-0.4, -0.2) is 25.2 Å². The molecule has 0 radical (unpaired) electrons. The Labute approximate surface area is 87.2 Å².